The van der Waals surface area contributed by atoms with Gasteiger partial charge in [-0.25, -0.2) is 0 Å². The average molecular weight is 386 g/mol. The number of hydrogen-bond donors (Lipinski definition) is 1. The molecule has 1 saturated carbocycles. The topological polar surface area (TPSA) is 47.6 Å². The third-order valence-corrected chi connectivity index (χ3v) is 6.34. The molecule has 3 rings (SSSR count). The third kappa shape index (κ3) is 5.42. The second kappa shape index (κ2) is 9.70. The second-order valence-corrected chi connectivity index (χ2v) is 8.08. The summed E-state index contributed by atoms with van der Waals surface area (Å²) < 4.78 is 10.5. The van der Waals surface area contributed by atoms with E-state index in [1.54, 1.807) is 32.4 Å². The molecular formula is C22H27NO3S. The van der Waals surface area contributed by atoms with Crippen LogP contribution in [0.4, 0.5) is 5.69 Å². The van der Waals surface area contributed by atoms with E-state index < -0.39 is 0 Å². The minimum Gasteiger partial charge on any atom is -0.493 e. The predicted molar refractivity (Wildman–Crippen MR) is 112 cm³/mol. The fourth-order valence-electron chi connectivity index (χ4n) is 3.32. The first-order valence-electron chi connectivity index (χ1n) is 9.43. The lowest BCUT2D eigenvalue weighted by Gasteiger charge is -2.20. The number of ether oxygens (including phenoxy) is 2. The highest BCUT2D eigenvalue weighted by atomic mass is 32.2. The summed E-state index contributed by atoms with van der Waals surface area (Å²) in [4.78, 5) is 12.5. The van der Waals surface area contributed by atoms with Gasteiger partial charge in [0.25, 0.3) is 5.91 Å². The molecular weight excluding hydrogens is 358 g/mol. The minimum atomic E-state index is -0.131. The van der Waals surface area contributed by atoms with Crippen molar-refractivity contribution in [1.29, 1.82) is 0 Å². The molecule has 1 amide bonds. The number of anilines is 1. The van der Waals surface area contributed by atoms with Gasteiger partial charge in [-0.3, -0.25) is 4.79 Å². The highest BCUT2D eigenvalue weighted by Gasteiger charge is 2.14. The molecule has 2 aromatic carbocycles. The molecule has 27 heavy (non-hydrogen) atoms. The average Bonchev–Trinajstić information content (AvgIpc) is 2.73. The van der Waals surface area contributed by atoms with Crippen molar-refractivity contribution in [3.8, 4) is 11.5 Å². The maximum absolute atomic E-state index is 12.5. The van der Waals surface area contributed by atoms with Gasteiger partial charge < -0.3 is 14.8 Å². The number of carbonyl (C=O) groups excluding carboxylic acids is 1. The number of thioether (sulfide) groups is 1. The predicted octanol–water partition coefficient (Wildman–Crippen LogP) is 5.52. The van der Waals surface area contributed by atoms with Crippen LogP contribution in [0.3, 0.4) is 0 Å². The van der Waals surface area contributed by atoms with E-state index in [0.29, 0.717) is 22.7 Å². The lowest BCUT2D eigenvalue weighted by atomic mass is 10.0. The van der Waals surface area contributed by atoms with E-state index in [9.17, 15) is 4.79 Å². The van der Waals surface area contributed by atoms with Gasteiger partial charge in [-0.1, -0.05) is 31.4 Å². The van der Waals surface area contributed by atoms with Gasteiger partial charge in [0, 0.05) is 28.3 Å². The zero-order valence-corrected chi connectivity index (χ0v) is 16.8. The summed E-state index contributed by atoms with van der Waals surface area (Å²) in [5.41, 5.74) is 2.60. The molecule has 0 unspecified atom stereocenters. The maximum Gasteiger partial charge on any atom is 0.255 e. The number of nitrogens with one attached hydrogen (secondary N) is 1. The van der Waals surface area contributed by atoms with Crippen molar-refractivity contribution in [3.05, 3.63) is 53.6 Å². The minimum absolute atomic E-state index is 0.131. The van der Waals surface area contributed by atoms with Crippen LogP contribution in [0.5, 0.6) is 11.5 Å². The van der Waals surface area contributed by atoms with E-state index in [1.165, 1.54) is 37.7 Å². The molecule has 1 N–H and O–H groups in total. The maximum atomic E-state index is 12.5. The Kier molecular flexibility index (Phi) is 7.04. The molecule has 2 aromatic rings. The number of rotatable bonds is 7. The highest BCUT2D eigenvalue weighted by Crippen LogP contribution is 2.31. The van der Waals surface area contributed by atoms with Crippen molar-refractivity contribution in [2.45, 2.75) is 43.1 Å². The van der Waals surface area contributed by atoms with Crippen LogP contribution in [0.1, 0.15) is 48.0 Å². The van der Waals surface area contributed by atoms with Gasteiger partial charge in [-0.05, 0) is 42.7 Å². The molecule has 0 heterocycles. The molecule has 0 bridgehead atoms. The van der Waals surface area contributed by atoms with Gasteiger partial charge in [0.05, 0.1) is 14.2 Å². The summed E-state index contributed by atoms with van der Waals surface area (Å²) in [7, 11) is 3.16. The van der Waals surface area contributed by atoms with E-state index in [2.05, 4.69) is 17.4 Å². The molecule has 1 fully saturated rings. The summed E-state index contributed by atoms with van der Waals surface area (Å²) in [5, 5.41) is 3.71. The third-order valence-electron chi connectivity index (χ3n) is 4.90. The van der Waals surface area contributed by atoms with Crippen LogP contribution in [-0.2, 0) is 5.75 Å². The molecule has 1 aliphatic rings. The number of methoxy groups -OCH3 is 2. The van der Waals surface area contributed by atoms with Crippen molar-refractivity contribution < 1.29 is 14.3 Å². The molecule has 0 atom stereocenters. The first kappa shape index (κ1) is 19.6. The van der Waals surface area contributed by atoms with Crippen molar-refractivity contribution in [2.24, 2.45) is 0 Å². The van der Waals surface area contributed by atoms with Crippen molar-refractivity contribution in [1.82, 2.24) is 0 Å². The van der Waals surface area contributed by atoms with E-state index in [-0.39, 0.29) is 5.91 Å². The van der Waals surface area contributed by atoms with Crippen molar-refractivity contribution in [2.75, 3.05) is 19.5 Å². The fraction of sp³-hybridized carbons (Fsp3) is 0.409. The van der Waals surface area contributed by atoms with E-state index in [4.69, 9.17) is 9.47 Å². The zero-order valence-electron chi connectivity index (χ0n) is 16.0. The number of carbonyl (C=O) groups is 1. The van der Waals surface area contributed by atoms with Crippen LogP contribution in [0.15, 0.2) is 42.5 Å². The van der Waals surface area contributed by atoms with Crippen molar-refractivity contribution in [3.63, 3.8) is 0 Å². The summed E-state index contributed by atoms with van der Waals surface area (Å²) in [6, 6.07) is 13.2. The normalized spacial score (nSPS) is 14.6. The quantitative estimate of drug-likeness (QED) is 0.681. The van der Waals surface area contributed by atoms with Crippen LogP contribution < -0.4 is 14.8 Å². The van der Waals surface area contributed by atoms with Crippen LogP contribution in [0.25, 0.3) is 0 Å². The number of benzene rings is 2. The van der Waals surface area contributed by atoms with Gasteiger partial charge in [0.15, 0.2) is 11.5 Å². The highest BCUT2D eigenvalue weighted by molar-refractivity contribution is 7.99. The Labute approximate surface area is 165 Å². The van der Waals surface area contributed by atoms with Gasteiger partial charge >= 0.3 is 0 Å². The number of hydrogen-bond acceptors (Lipinski definition) is 4. The van der Waals surface area contributed by atoms with E-state index in [1.807, 2.05) is 23.9 Å². The van der Waals surface area contributed by atoms with Crippen LogP contribution >= 0.6 is 11.8 Å². The smallest absolute Gasteiger partial charge is 0.255 e. The van der Waals surface area contributed by atoms with Crippen LogP contribution in [0.2, 0.25) is 0 Å². The molecule has 1 aliphatic carbocycles. The number of amides is 1. The Bertz CT molecular complexity index is 755. The van der Waals surface area contributed by atoms with Gasteiger partial charge in [-0.2, -0.15) is 11.8 Å². The molecule has 0 aliphatic heterocycles. The molecule has 4 nitrogen and oxygen atoms in total. The Hall–Kier alpha value is -2.14. The molecule has 0 aromatic heterocycles. The lowest BCUT2D eigenvalue weighted by Crippen LogP contribution is -2.12. The molecule has 144 valence electrons. The molecule has 5 heteroatoms. The first-order chi connectivity index (χ1) is 13.2. The Morgan fingerprint density at radius 3 is 2.37 bits per heavy atom. The molecule has 0 saturated heterocycles. The summed E-state index contributed by atoms with van der Waals surface area (Å²) in [6.45, 7) is 0. The summed E-state index contributed by atoms with van der Waals surface area (Å²) >= 11 is 2.05. The Balaban J connectivity index is 1.57. The first-order valence-corrected chi connectivity index (χ1v) is 10.5. The molecule has 0 radical (unpaired) electrons. The Morgan fingerprint density at radius 2 is 1.70 bits per heavy atom. The summed E-state index contributed by atoms with van der Waals surface area (Å²) in [5.74, 6) is 2.11. The van der Waals surface area contributed by atoms with Crippen molar-refractivity contribution >= 4 is 23.4 Å². The summed E-state index contributed by atoms with van der Waals surface area (Å²) in [6.07, 6.45) is 6.81. The van der Waals surface area contributed by atoms with E-state index >= 15 is 0 Å². The van der Waals surface area contributed by atoms with Gasteiger partial charge in [-0.15, -0.1) is 0 Å². The largest absolute Gasteiger partial charge is 0.493 e. The monoisotopic (exact) mass is 385 g/mol. The lowest BCUT2D eigenvalue weighted by molar-refractivity contribution is 0.102. The standard InChI is InChI=1S/C22H27NO3S/c1-25-20-13-12-18(14-21(20)26-2)23-22(24)17-10-8-16(9-11-17)15-27-19-6-4-3-5-7-19/h8-14,19H,3-7,15H2,1-2H3,(H,23,24). The zero-order chi connectivity index (χ0) is 19.1. The van der Waals surface area contributed by atoms with Gasteiger partial charge in [0.1, 0.15) is 0 Å². The van der Waals surface area contributed by atoms with Crippen LogP contribution in [0, 0.1) is 0 Å². The van der Waals surface area contributed by atoms with E-state index in [0.717, 1.165) is 11.0 Å². The second-order valence-electron chi connectivity index (χ2n) is 6.79. The Morgan fingerprint density at radius 1 is 1.00 bits per heavy atom. The fourth-order valence-corrected chi connectivity index (χ4v) is 4.60. The van der Waals surface area contributed by atoms with Crippen LogP contribution in [-0.4, -0.2) is 25.4 Å². The SMILES string of the molecule is COc1ccc(NC(=O)c2ccc(CSC3CCCCC3)cc2)cc1OC. The van der Waals surface area contributed by atoms with Gasteiger partial charge in [0.2, 0.25) is 0 Å². The molecule has 0 spiro atoms.